The number of para-hydroxylation sites is 1. The van der Waals surface area contributed by atoms with Crippen LogP contribution in [-0.4, -0.2) is 24.5 Å². The third-order valence-corrected chi connectivity index (χ3v) is 4.84. The molecule has 94 valence electrons. The minimum absolute atomic E-state index is 0.197. The molecule has 0 N–H and O–H groups in total. The Morgan fingerprint density at radius 3 is 2.59 bits per heavy atom. The molecule has 0 amide bonds. The highest BCUT2D eigenvalue weighted by Gasteiger charge is 2.28. The Morgan fingerprint density at radius 2 is 2.00 bits per heavy atom. The van der Waals surface area contributed by atoms with Gasteiger partial charge in [-0.3, -0.25) is 4.79 Å². The highest BCUT2D eigenvalue weighted by Crippen LogP contribution is 2.37. The van der Waals surface area contributed by atoms with Gasteiger partial charge in [-0.25, -0.2) is 0 Å². The average Bonchev–Trinajstić information content (AvgIpc) is 2.37. The van der Waals surface area contributed by atoms with Gasteiger partial charge in [0.1, 0.15) is 10.6 Å². The molecule has 2 atom stereocenters. The Bertz CT molecular complexity index is 382. The first-order chi connectivity index (χ1) is 8.11. The van der Waals surface area contributed by atoms with Crippen LogP contribution < -0.4 is 4.74 Å². The molecule has 0 fully saturated rings. The van der Waals surface area contributed by atoms with Crippen LogP contribution in [-0.2, 0) is 9.53 Å². The number of halogens is 2. The van der Waals surface area contributed by atoms with Gasteiger partial charge in [-0.1, -0.05) is 50.1 Å². The number of ether oxygens (including phenoxy) is 2. The average molecular weight is 366 g/mol. The summed E-state index contributed by atoms with van der Waals surface area (Å²) >= 11 is 6.82. The number of rotatable bonds is 5. The lowest BCUT2D eigenvalue weighted by molar-refractivity contribution is -0.142. The van der Waals surface area contributed by atoms with Crippen LogP contribution in [0.4, 0.5) is 0 Å². The molecule has 0 radical (unpaired) electrons. The summed E-state index contributed by atoms with van der Waals surface area (Å²) in [5.41, 5.74) is 0.907. The molecule has 0 aromatic heterocycles. The summed E-state index contributed by atoms with van der Waals surface area (Å²) in [7, 11) is 1.60. The quantitative estimate of drug-likeness (QED) is 0.592. The zero-order chi connectivity index (χ0) is 12.8. The van der Waals surface area contributed by atoms with Gasteiger partial charge in [0.2, 0.25) is 0 Å². The highest BCUT2D eigenvalue weighted by molar-refractivity contribution is 9.12. The van der Waals surface area contributed by atoms with Crippen LogP contribution in [0.3, 0.4) is 0 Å². The maximum Gasteiger partial charge on any atom is 0.321 e. The molecule has 0 aliphatic carbocycles. The molecule has 0 aliphatic heterocycles. The van der Waals surface area contributed by atoms with Gasteiger partial charge >= 0.3 is 5.97 Å². The predicted octanol–water partition coefficient (Wildman–Crippen LogP) is 3.46. The summed E-state index contributed by atoms with van der Waals surface area (Å²) in [5.74, 6) is 0.448. The van der Waals surface area contributed by atoms with Crippen LogP contribution in [0.5, 0.6) is 5.75 Å². The molecule has 0 heterocycles. The standard InChI is InChI=1S/C12H14Br2O3/c1-3-17-12(15)11(14)10(13)8-6-4-5-7-9(8)16-2/h4-7,10-11H,3H2,1-2H3. The zero-order valence-corrected chi connectivity index (χ0v) is 12.8. The van der Waals surface area contributed by atoms with E-state index in [1.54, 1.807) is 14.0 Å². The fraction of sp³-hybridized carbons (Fsp3) is 0.417. The Kier molecular flexibility index (Phi) is 5.98. The fourth-order valence-corrected chi connectivity index (χ4v) is 2.40. The third kappa shape index (κ3) is 3.71. The van der Waals surface area contributed by atoms with Crippen LogP contribution in [0.15, 0.2) is 24.3 Å². The van der Waals surface area contributed by atoms with Gasteiger partial charge in [0.25, 0.3) is 0 Å². The highest BCUT2D eigenvalue weighted by atomic mass is 79.9. The van der Waals surface area contributed by atoms with Crippen molar-refractivity contribution >= 4 is 37.8 Å². The summed E-state index contributed by atoms with van der Waals surface area (Å²) in [4.78, 5) is 11.0. The normalized spacial score (nSPS) is 13.9. The summed E-state index contributed by atoms with van der Waals surface area (Å²) in [6, 6.07) is 7.55. The van der Waals surface area contributed by atoms with Crippen molar-refractivity contribution in [3.8, 4) is 5.75 Å². The topological polar surface area (TPSA) is 35.5 Å². The zero-order valence-electron chi connectivity index (χ0n) is 9.65. The summed E-state index contributed by atoms with van der Waals surface area (Å²) in [5, 5.41) is 0. The Balaban J connectivity index is 2.88. The lowest BCUT2D eigenvalue weighted by Crippen LogP contribution is -2.22. The molecule has 0 spiro atoms. The minimum atomic E-state index is -0.446. The molecule has 17 heavy (non-hydrogen) atoms. The van der Waals surface area contributed by atoms with Gasteiger partial charge in [-0.15, -0.1) is 0 Å². The third-order valence-electron chi connectivity index (χ3n) is 2.20. The predicted molar refractivity (Wildman–Crippen MR) is 74.0 cm³/mol. The van der Waals surface area contributed by atoms with Crippen molar-refractivity contribution < 1.29 is 14.3 Å². The molecule has 0 aliphatic rings. The first-order valence-electron chi connectivity index (χ1n) is 5.19. The number of alkyl halides is 2. The largest absolute Gasteiger partial charge is 0.496 e. The summed E-state index contributed by atoms with van der Waals surface area (Å²) < 4.78 is 10.2. The molecule has 1 aromatic rings. The van der Waals surface area contributed by atoms with E-state index in [1.807, 2.05) is 24.3 Å². The Labute approximate surface area is 118 Å². The van der Waals surface area contributed by atoms with Crippen molar-refractivity contribution in [2.45, 2.75) is 16.6 Å². The first-order valence-corrected chi connectivity index (χ1v) is 7.02. The number of methoxy groups -OCH3 is 1. The van der Waals surface area contributed by atoms with E-state index < -0.39 is 4.83 Å². The van der Waals surface area contributed by atoms with E-state index in [1.165, 1.54) is 0 Å². The maximum atomic E-state index is 11.6. The van der Waals surface area contributed by atoms with E-state index in [2.05, 4.69) is 31.9 Å². The van der Waals surface area contributed by atoms with E-state index in [-0.39, 0.29) is 10.8 Å². The van der Waals surface area contributed by atoms with Gasteiger partial charge < -0.3 is 9.47 Å². The van der Waals surface area contributed by atoms with Crippen LogP contribution >= 0.6 is 31.9 Å². The number of hydrogen-bond acceptors (Lipinski definition) is 3. The molecule has 5 heteroatoms. The number of benzene rings is 1. The van der Waals surface area contributed by atoms with E-state index in [9.17, 15) is 4.79 Å². The van der Waals surface area contributed by atoms with Crippen LogP contribution in [0, 0.1) is 0 Å². The second kappa shape index (κ2) is 7.01. The van der Waals surface area contributed by atoms with Crippen molar-refractivity contribution in [3.05, 3.63) is 29.8 Å². The van der Waals surface area contributed by atoms with Gasteiger partial charge in [-0.2, -0.15) is 0 Å². The fourth-order valence-electron chi connectivity index (χ4n) is 1.39. The Hall–Kier alpha value is -0.550. The molecule has 1 rings (SSSR count). The summed E-state index contributed by atoms with van der Waals surface area (Å²) in [6.45, 7) is 2.15. The molecular formula is C12H14Br2O3. The van der Waals surface area contributed by atoms with Crippen LogP contribution in [0.25, 0.3) is 0 Å². The first kappa shape index (κ1) is 14.5. The van der Waals surface area contributed by atoms with Crippen molar-refractivity contribution in [1.82, 2.24) is 0 Å². The van der Waals surface area contributed by atoms with Crippen molar-refractivity contribution in [2.75, 3.05) is 13.7 Å². The monoisotopic (exact) mass is 364 g/mol. The second-order valence-electron chi connectivity index (χ2n) is 3.30. The number of carbonyl (C=O) groups excluding carboxylic acids is 1. The molecule has 2 unspecified atom stereocenters. The molecule has 0 saturated carbocycles. The molecule has 0 bridgehead atoms. The van der Waals surface area contributed by atoms with Crippen molar-refractivity contribution in [1.29, 1.82) is 0 Å². The minimum Gasteiger partial charge on any atom is -0.496 e. The number of hydrogen-bond donors (Lipinski definition) is 0. The van der Waals surface area contributed by atoms with Crippen LogP contribution in [0.2, 0.25) is 0 Å². The number of carbonyl (C=O) groups is 1. The van der Waals surface area contributed by atoms with Gasteiger partial charge in [0.15, 0.2) is 0 Å². The SMILES string of the molecule is CCOC(=O)C(Br)C(Br)c1ccccc1OC. The van der Waals surface area contributed by atoms with E-state index in [0.717, 1.165) is 11.3 Å². The second-order valence-corrected chi connectivity index (χ2v) is 5.27. The molecular weight excluding hydrogens is 352 g/mol. The number of esters is 1. The van der Waals surface area contributed by atoms with E-state index >= 15 is 0 Å². The molecule has 0 saturated heterocycles. The molecule has 3 nitrogen and oxygen atoms in total. The Morgan fingerprint density at radius 1 is 1.35 bits per heavy atom. The van der Waals surface area contributed by atoms with E-state index in [0.29, 0.717) is 6.61 Å². The van der Waals surface area contributed by atoms with E-state index in [4.69, 9.17) is 9.47 Å². The van der Waals surface area contributed by atoms with Crippen LogP contribution in [0.1, 0.15) is 17.3 Å². The van der Waals surface area contributed by atoms with Gasteiger partial charge in [-0.05, 0) is 13.0 Å². The van der Waals surface area contributed by atoms with Gasteiger partial charge in [0.05, 0.1) is 18.5 Å². The summed E-state index contributed by atoms with van der Waals surface area (Å²) in [6.07, 6.45) is 0. The lowest BCUT2D eigenvalue weighted by atomic mass is 10.1. The molecule has 1 aromatic carbocycles. The van der Waals surface area contributed by atoms with Gasteiger partial charge in [0, 0.05) is 5.56 Å². The van der Waals surface area contributed by atoms with Crippen molar-refractivity contribution in [2.24, 2.45) is 0 Å². The smallest absolute Gasteiger partial charge is 0.321 e. The lowest BCUT2D eigenvalue weighted by Gasteiger charge is -2.18. The van der Waals surface area contributed by atoms with Crippen molar-refractivity contribution in [3.63, 3.8) is 0 Å². The maximum absolute atomic E-state index is 11.6.